The lowest BCUT2D eigenvalue weighted by atomic mass is 9.73. The van der Waals surface area contributed by atoms with E-state index in [1.54, 1.807) is 6.20 Å². The van der Waals surface area contributed by atoms with Gasteiger partial charge >= 0.3 is 7.12 Å². The summed E-state index contributed by atoms with van der Waals surface area (Å²) in [5.41, 5.74) is 3.24. The standard InChI is InChI=1S/C29H43BClN5O4Si/c1-19-14-33-27(36-26(19)35-24-16-37-10-9-20(24)13-32)34-22-11-21(15-40-41(7,8)28(2,3)4)25(23(31)12-22)30-38-17-29(5,6)18-39-30/h11-12,14,20,24H,9-10,15-18H2,1-8H3,(H2,33,34,35,36). The molecule has 1 aromatic heterocycles. The number of hydrogen-bond donors (Lipinski definition) is 2. The molecule has 0 saturated carbocycles. The van der Waals surface area contributed by atoms with Gasteiger partial charge in [0.1, 0.15) is 5.82 Å². The van der Waals surface area contributed by atoms with E-state index in [9.17, 15) is 5.26 Å². The van der Waals surface area contributed by atoms with Crippen molar-refractivity contribution in [3.63, 3.8) is 0 Å². The minimum absolute atomic E-state index is 0.0573. The molecule has 0 amide bonds. The molecule has 2 aliphatic rings. The predicted molar refractivity (Wildman–Crippen MR) is 167 cm³/mol. The van der Waals surface area contributed by atoms with Crippen LogP contribution in [0.3, 0.4) is 0 Å². The smallest absolute Gasteiger partial charge is 0.413 e. The number of nitriles is 1. The van der Waals surface area contributed by atoms with Crippen molar-refractivity contribution in [2.24, 2.45) is 11.3 Å². The lowest BCUT2D eigenvalue weighted by Crippen LogP contribution is -2.49. The SMILES string of the molecule is Cc1cnc(Nc2cc(Cl)c(B3OCC(C)(C)CO3)c(CO[Si](C)(C)C(C)(C)C)c2)nc1NC1COCCC1C#N. The number of nitrogens with one attached hydrogen (secondary N) is 2. The van der Waals surface area contributed by atoms with E-state index in [-0.39, 0.29) is 22.4 Å². The Hall–Kier alpha value is -2.20. The first kappa shape index (κ1) is 31.7. The average Bonchev–Trinajstić information content (AvgIpc) is 2.89. The molecule has 0 bridgehead atoms. The molecule has 2 N–H and O–H groups in total. The average molecular weight is 600 g/mol. The van der Waals surface area contributed by atoms with Gasteiger partial charge in [0.25, 0.3) is 0 Å². The van der Waals surface area contributed by atoms with Gasteiger partial charge < -0.3 is 29.1 Å². The van der Waals surface area contributed by atoms with Crippen LogP contribution in [0, 0.1) is 29.6 Å². The van der Waals surface area contributed by atoms with Crippen LogP contribution in [0.2, 0.25) is 23.2 Å². The molecule has 1 aromatic carbocycles. The summed E-state index contributed by atoms with van der Waals surface area (Å²) in [7, 11) is -2.62. The zero-order valence-corrected chi connectivity index (χ0v) is 27.3. The number of halogens is 1. The van der Waals surface area contributed by atoms with E-state index in [0.29, 0.717) is 56.2 Å². The van der Waals surface area contributed by atoms with Crippen molar-refractivity contribution in [1.29, 1.82) is 5.26 Å². The summed E-state index contributed by atoms with van der Waals surface area (Å²) in [6, 6.07) is 6.10. The van der Waals surface area contributed by atoms with E-state index < -0.39 is 15.4 Å². The molecule has 0 radical (unpaired) electrons. The molecule has 2 aliphatic heterocycles. The van der Waals surface area contributed by atoms with Crippen molar-refractivity contribution in [1.82, 2.24) is 9.97 Å². The van der Waals surface area contributed by atoms with Gasteiger partial charge in [0, 0.05) is 53.2 Å². The minimum Gasteiger partial charge on any atom is -0.413 e. The second-order valence-corrected chi connectivity index (χ2v) is 18.6. The third-order valence-electron chi connectivity index (χ3n) is 8.17. The molecule has 3 heterocycles. The highest BCUT2D eigenvalue weighted by Gasteiger charge is 2.39. The molecule has 222 valence electrons. The Morgan fingerprint density at radius 3 is 2.61 bits per heavy atom. The van der Waals surface area contributed by atoms with Gasteiger partial charge in [-0.15, -0.1) is 0 Å². The predicted octanol–water partition coefficient (Wildman–Crippen LogP) is 5.81. The Kier molecular flexibility index (Phi) is 9.73. The molecular weight excluding hydrogens is 557 g/mol. The van der Waals surface area contributed by atoms with E-state index in [2.05, 4.69) is 69.4 Å². The maximum Gasteiger partial charge on any atom is 0.495 e. The van der Waals surface area contributed by atoms with Crippen LogP contribution in [0.5, 0.6) is 0 Å². The molecule has 12 heteroatoms. The molecule has 2 fully saturated rings. The molecular formula is C29H43BClN5O4Si. The monoisotopic (exact) mass is 599 g/mol. The van der Waals surface area contributed by atoms with E-state index >= 15 is 0 Å². The highest BCUT2D eigenvalue weighted by Crippen LogP contribution is 2.37. The van der Waals surface area contributed by atoms with Crippen LogP contribution < -0.4 is 16.1 Å². The van der Waals surface area contributed by atoms with Crippen molar-refractivity contribution in [3.8, 4) is 6.07 Å². The minimum atomic E-state index is -2.05. The second kappa shape index (κ2) is 12.6. The number of benzene rings is 1. The third-order valence-corrected chi connectivity index (χ3v) is 13.0. The van der Waals surface area contributed by atoms with Gasteiger partial charge in [-0.3, -0.25) is 0 Å². The molecule has 2 atom stereocenters. The topological polar surface area (TPSA) is 111 Å². The van der Waals surface area contributed by atoms with E-state index in [1.165, 1.54) is 0 Å². The van der Waals surface area contributed by atoms with Gasteiger partial charge in [-0.1, -0.05) is 46.2 Å². The maximum atomic E-state index is 9.56. The van der Waals surface area contributed by atoms with Gasteiger partial charge in [-0.25, -0.2) is 4.98 Å². The number of aryl methyl sites for hydroxylation is 1. The van der Waals surface area contributed by atoms with Crippen molar-refractivity contribution in [2.45, 2.75) is 78.7 Å². The van der Waals surface area contributed by atoms with Crippen LogP contribution in [-0.4, -0.2) is 57.9 Å². The molecule has 2 aromatic rings. The Bertz CT molecular complexity index is 1270. The molecule has 0 spiro atoms. The van der Waals surface area contributed by atoms with E-state index in [4.69, 9.17) is 35.1 Å². The van der Waals surface area contributed by atoms with Crippen LogP contribution in [0.15, 0.2) is 18.3 Å². The summed E-state index contributed by atoms with van der Waals surface area (Å²) in [5.74, 6) is 0.934. The van der Waals surface area contributed by atoms with Gasteiger partial charge in [0.2, 0.25) is 5.95 Å². The van der Waals surface area contributed by atoms with Crippen LogP contribution in [0.25, 0.3) is 0 Å². The summed E-state index contributed by atoms with van der Waals surface area (Å²) in [4.78, 5) is 9.22. The van der Waals surface area contributed by atoms with E-state index in [1.807, 2.05) is 19.1 Å². The molecule has 41 heavy (non-hydrogen) atoms. The molecule has 9 nitrogen and oxygen atoms in total. The first-order valence-electron chi connectivity index (χ1n) is 14.2. The fourth-order valence-corrected chi connectivity index (χ4v) is 5.73. The van der Waals surface area contributed by atoms with Crippen molar-refractivity contribution >= 4 is 50.0 Å². The van der Waals surface area contributed by atoms with Gasteiger partial charge in [-0.2, -0.15) is 10.2 Å². The third kappa shape index (κ3) is 7.80. The first-order valence-corrected chi connectivity index (χ1v) is 17.5. The highest BCUT2D eigenvalue weighted by molar-refractivity contribution is 6.74. The van der Waals surface area contributed by atoms with Gasteiger partial charge in [0.05, 0.1) is 31.2 Å². The van der Waals surface area contributed by atoms with Gasteiger partial charge in [0.15, 0.2) is 8.32 Å². The van der Waals surface area contributed by atoms with Crippen molar-refractivity contribution < 1.29 is 18.5 Å². The fraction of sp³-hybridized carbons (Fsp3) is 0.621. The van der Waals surface area contributed by atoms with Crippen LogP contribution in [0.1, 0.15) is 52.2 Å². The zero-order chi connectivity index (χ0) is 30.0. The fourth-order valence-electron chi connectivity index (χ4n) is 4.45. The normalized spacial score (nSPS) is 21.3. The van der Waals surface area contributed by atoms with Crippen molar-refractivity contribution in [3.05, 3.63) is 34.5 Å². The number of anilines is 3. The molecule has 2 saturated heterocycles. The Labute approximate surface area is 250 Å². The Morgan fingerprint density at radius 2 is 1.95 bits per heavy atom. The highest BCUT2D eigenvalue weighted by atomic mass is 35.5. The lowest BCUT2D eigenvalue weighted by Gasteiger charge is -2.37. The Balaban J connectivity index is 1.61. The largest absolute Gasteiger partial charge is 0.495 e. The Morgan fingerprint density at radius 1 is 1.24 bits per heavy atom. The van der Waals surface area contributed by atoms with Crippen LogP contribution >= 0.6 is 11.6 Å². The maximum absolute atomic E-state index is 9.56. The first-order chi connectivity index (χ1) is 19.2. The number of hydrogen-bond acceptors (Lipinski definition) is 9. The second-order valence-electron chi connectivity index (χ2n) is 13.4. The molecule has 2 unspecified atom stereocenters. The van der Waals surface area contributed by atoms with Crippen LogP contribution in [0.4, 0.5) is 17.5 Å². The summed E-state index contributed by atoms with van der Waals surface area (Å²) in [6.45, 7) is 19.9. The number of ether oxygens (including phenoxy) is 1. The van der Waals surface area contributed by atoms with Crippen LogP contribution in [-0.2, 0) is 25.1 Å². The quantitative estimate of drug-likeness (QED) is 0.363. The summed E-state index contributed by atoms with van der Waals surface area (Å²) in [5, 5.41) is 16.9. The lowest BCUT2D eigenvalue weighted by molar-refractivity contribution is 0.0342. The van der Waals surface area contributed by atoms with Crippen molar-refractivity contribution in [2.75, 3.05) is 37.1 Å². The number of nitrogens with zero attached hydrogens (tertiary/aromatic N) is 3. The summed E-state index contributed by atoms with van der Waals surface area (Å²) in [6.07, 6.45) is 2.45. The summed E-state index contributed by atoms with van der Waals surface area (Å²) < 4.78 is 24.5. The van der Waals surface area contributed by atoms with E-state index in [0.717, 1.165) is 22.3 Å². The number of aromatic nitrogens is 2. The zero-order valence-electron chi connectivity index (χ0n) is 25.6. The molecule has 0 aliphatic carbocycles. The number of rotatable bonds is 8. The molecule has 4 rings (SSSR count). The summed E-state index contributed by atoms with van der Waals surface area (Å²) >= 11 is 6.92. The van der Waals surface area contributed by atoms with Gasteiger partial charge in [-0.05, 0) is 49.2 Å².